The van der Waals surface area contributed by atoms with E-state index in [1.165, 1.54) is 19.1 Å². The maximum Gasteiger partial charge on any atom is 0.315 e. The van der Waals surface area contributed by atoms with Crippen LogP contribution in [-0.2, 0) is 9.59 Å². The van der Waals surface area contributed by atoms with E-state index in [-0.39, 0.29) is 5.75 Å². The molecule has 5 nitrogen and oxygen atoms in total. The summed E-state index contributed by atoms with van der Waals surface area (Å²) in [7, 11) is 0. The van der Waals surface area contributed by atoms with Crippen LogP contribution >= 0.6 is 0 Å². The fraction of sp³-hybridized carbons (Fsp3) is 0.200. The molecule has 3 N–H and O–H groups in total. The molecule has 80 valence electrons. The molecule has 0 aromatic heterocycles. The Labute approximate surface area is 86.4 Å². The number of hydrogen-bond donors (Lipinski definition) is 3. The maximum atomic E-state index is 11.3. The second-order valence-electron chi connectivity index (χ2n) is 3.10. The highest BCUT2D eigenvalue weighted by Crippen LogP contribution is 2.16. The van der Waals surface area contributed by atoms with Crippen molar-refractivity contribution in [1.82, 2.24) is 0 Å². The number of nitrogens with one attached hydrogen (secondary N) is 1. The van der Waals surface area contributed by atoms with Gasteiger partial charge in [0.05, 0.1) is 0 Å². The summed E-state index contributed by atoms with van der Waals surface area (Å²) in [5.41, 5.74) is 0.369. The molecule has 1 amide bonds. The molecule has 0 saturated heterocycles. The zero-order valence-corrected chi connectivity index (χ0v) is 8.10. The number of phenolic OH excluding ortho intramolecular Hbond substituents is 1. The number of rotatable bonds is 3. The van der Waals surface area contributed by atoms with Crippen molar-refractivity contribution in [1.29, 1.82) is 0 Å². The zero-order chi connectivity index (χ0) is 11.4. The Balaban J connectivity index is 2.70. The van der Waals surface area contributed by atoms with Gasteiger partial charge in [-0.25, -0.2) is 0 Å². The van der Waals surface area contributed by atoms with Gasteiger partial charge in [0.15, 0.2) is 0 Å². The summed E-state index contributed by atoms with van der Waals surface area (Å²) in [4.78, 5) is 21.8. The monoisotopic (exact) mass is 209 g/mol. The molecule has 0 saturated carbocycles. The third kappa shape index (κ3) is 2.98. The van der Waals surface area contributed by atoms with Gasteiger partial charge in [-0.15, -0.1) is 0 Å². The quantitative estimate of drug-likeness (QED) is 0.649. The standard InChI is InChI=1S/C10H11NO4/c1-6(10(14)15)9(13)11-7-3-2-4-8(12)5-7/h2-6,12H,1H3,(H,11,13)(H,14,15). The van der Waals surface area contributed by atoms with Gasteiger partial charge in [-0.05, 0) is 19.1 Å². The molecule has 0 aliphatic rings. The van der Waals surface area contributed by atoms with Crippen molar-refractivity contribution in [2.24, 2.45) is 5.92 Å². The summed E-state index contributed by atoms with van der Waals surface area (Å²) in [6.45, 7) is 1.29. The molecule has 0 aliphatic carbocycles. The molecular weight excluding hydrogens is 198 g/mol. The average Bonchev–Trinajstić information content (AvgIpc) is 2.16. The van der Waals surface area contributed by atoms with E-state index in [4.69, 9.17) is 10.2 Å². The molecule has 1 atom stereocenters. The van der Waals surface area contributed by atoms with E-state index in [0.717, 1.165) is 0 Å². The molecule has 0 spiro atoms. The minimum Gasteiger partial charge on any atom is -0.508 e. The number of aliphatic carboxylic acids is 1. The molecule has 0 fully saturated rings. The van der Waals surface area contributed by atoms with Gasteiger partial charge in [0.1, 0.15) is 11.7 Å². The number of aromatic hydroxyl groups is 1. The highest BCUT2D eigenvalue weighted by atomic mass is 16.4. The molecule has 0 bridgehead atoms. The van der Waals surface area contributed by atoms with Gasteiger partial charge in [0.2, 0.25) is 5.91 Å². The Bertz CT molecular complexity index is 389. The lowest BCUT2D eigenvalue weighted by molar-refractivity contribution is -0.144. The van der Waals surface area contributed by atoms with E-state index in [1.807, 2.05) is 0 Å². The van der Waals surface area contributed by atoms with Crippen molar-refractivity contribution in [2.75, 3.05) is 5.32 Å². The molecule has 0 heterocycles. The second kappa shape index (κ2) is 4.45. The third-order valence-electron chi connectivity index (χ3n) is 1.88. The van der Waals surface area contributed by atoms with Crippen LogP contribution in [0.4, 0.5) is 5.69 Å². The second-order valence-corrected chi connectivity index (χ2v) is 3.10. The summed E-state index contributed by atoms with van der Waals surface area (Å²) in [6, 6.07) is 5.91. The third-order valence-corrected chi connectivity index (χ3v) is 1.88. The maximum absolute atomic E-state index is 11.3. The number of carboxylic acid groups (broad SMARTS) is 1. The number of phenols is 1. The summed E-state index contributed by atoms with van der Waals surface area (Å²) < 4.78 is 0. The predicted molar refractivity (Wildman–Crippen MR) is 53.5 cm³/mol. The zero-order valence-electron chi connectivity index (χ0n) is 8.10. The Morgan fingerprint density at radius 2 is 2.07 bits per heavy atom. The molecule has 15 heavy (non-hydrogen) atoms. The van der Waals surface area contributed by atoms with Crippen molar-refractivity contribution < 1.29 is 19.8 Å². The molecule has 1 rings (SSSR count). The molecule has 0 radical (unpaired) electrons. The lowest BCUT2D eigenvalue weighted by Gasteiger charge is -2.08. The fourth-order valence-electron chi connectivity index (χ4n) is 0.946. The highest BCUT2D eigenvalue weighted by molar-refractivity contribution is 6.03. The smallest absolute Gasteiger partial charge is 0.315 e. The molecule has 0 aliphatic heterocycles. The molecule has 1 unspecified atom stereocenters. The van der Waals surface area contributed by atoms with E-state index < -0.39 is 17.8 Å². The van der Waals surface area contributed by atoms with Crippen molar-refractivity contribution >= 4 is 17.6 Å². The van der Waals surface area contributed by atoms with Gasteiger partial charge >= 0.3 is 5.97 Å². The van der Waals surface area contributed by atoms with Crippen LogP contribution in [0.5, 0.6) is 5.75 Å². The van der Waals surface area contributed by atoms with Crippen molar-refractivity contribution in [3.05, 3.63) is 24.3 Å². The van der Waals surface area contributed by atoms with Crippen LogP contribution in [0.1, 0.15) is 6.92 Å². The highest BCUT2D eigenvalue weighted by Gasteiger charge is 2.20. The van der Waals surface area contributed by atoms with Crippen LogP contribution < -0.4 is 5.32 Å². The average molecular weight is 209 g/mol. The Morgan fingerprint density at radius 3 is 2.60 bits per heavy atom. The van der Waals surface area contributed by atoms with Crippen LogP contribution in [0, 0.1) is 5.92 Å². The van der Waals surface area contributed by atoms with E-state index >= 15 is 0 Å². The van der Waals surface area contributed by atoms with E-state index in [1.54, 1.807) is 12.1 Å². The predicted octanol–water partition coefficient (Wildman–Crippen LogP) is 1.05. The van der Waals surface area contributed by atoms with Gasteiger partial charge in [-0.1, -0.05) is 6.07 Å². The van der Waals surface area contributed by atoms with Crippen LogP contribution in [0.3, 0.4) is 0 Å². The lowest BCUT2D eigenvalue weighted by atomic mass is 10.1. The summed E-state index contributed by atoms with van der Waals surface area (Å²) in [6.07, 6.45) is 0. The first-order chi connectivity index (χ1) is 7.00. The fourth-order valence-corrected chi connectivity index (χ4v) is 0.946. The minimum absolute atomic E-state index is 0.00998. The van der Waals surface area contributed by atoms with Crippen molar-refractivity contribution in [3.8, 4) is 5.75 Å². The molecule has 1 aromatic rings. The summed E-state index contributed by atoms with van der Waals surface area (Å²) >= 11 is 0. The van der Waals surface area contributed by atoms with E-state index in [0.29, 0.717) is 5.69 Å². The first-order valence-electron chi connectivity index (χ1n) is 4.33. The Kier molecular flexibility index (Phi) is 3.28. The van der Waals surface area contributed by atoms with Crippen molar-refractivity contribution in [2.45, 2.75) is 6.92 Å². The number of carbonyl (C=O) groups excluding carboxylic acids is 1. The topological polar surface area (TPSA) is 86.6 Å². The first-order valence-corrected chi connectivity index (χ1v) is 4.33. The summed E-state index contributed by atoms with van der Waals surface area (Å²) in [5, 5.41) is 20.1. The van der Waals surface area contributed by atoms with Gasteiger partial charge in [0, 0.05) is 11.8 Å². The van der Waals surface area contributed by atoms with Gasteiger partial charge in [-0.2, -0.15) is 0 Å². The van der Waals surface area contributed by atoms with Gasteiger partial charge in [-0.3, -0.25) is 9.59 Å². The normalized spacial score (nSPS) is 11.8. The van der Waals surface area contributed by atoms with Crippen LogP contribution in [-0.4, -0.2) is 22.1 Å². The number of hydrogen-bond acceptors (Lipinski definition) is 3. The van der Waals surface area contributed by atoms with Crippen LogP contribution in [0.15, 0.2) is 24.3 Å². The molecule has 5 heteroatoms. The number of amides is 1. The lowest BCUT2D eigenvalue weighted by Crippen LogP contribution is -2.26. The molecule has 1 aromatic carbocycles. The number of benzene rings is 1. The SMILES string of the molecule is CC(C(=O)O)C(=O)Nc1cccc(O)c1. The van der Waals surface area contributed by atoms with Gasteiger partial charge < -0.3 is 15.5 Å². The Morgan fingerprint density at radius 1 is 1.40 bits per heavy atom. The van der Waals surface area contributed by atoms with Crippen LogP contribution in [0.25, 0.3) is 0 Å². The molecular formula is C10H11NO4. The summed E-state index contributed by atoms with van der Waals surface area (Å²) in [5.74, 6) is -2.91. The number of carbonyl (C=O) groups is 2. The van der Waals surface area contributed by atoms with E-state index in [9.17, 15) is 9.59 Å². The van der Waals surface area contributed by atoms with Crippen molar-refractivity contribution in [3.63, 3.8) is 0 Å². The van der Waals surface area contributed by atoms with E-state index in [2.05, 4.69) is 5.32 Å². The van der Waals surface area contributed by atoms with Crippen LogP contribution in [0.2, 0.25) is 0 Å². The Hall–Kier alpha value is -2.04. The number of carboxylic acids is 1. The first kappa shape index (κ1) is 11.0. The van der Waals surface area contributed by atoms with Gasteiger partial charge in [0.25, 0.3) is 0 Å². The largest absolute Gasteiger partial charge is 0.508 e. The minimum atomic E-state index is -1.19. The number of anilines is 1.